The molecule has 3 rings (SSSR count). The Kier molecular flexibility index (Phi) is 6.14. The molecular formula is C23H21NO5. The quantitative estimate of drug-likeness (QED) is 0.611. The van der Waals surface area contributed by atoms with Gasteiger partial charge in [0.2, 0.25) is 0 Å². The minimum atomic E-state index is -0.436. The van der Waals surface area contributed by atoms with Crippen LogP contribution >= 0.6 is 0 Å². The van der Waals surface area contributed by atoms with Gasteiger partial charge >= 0.3 is 0 Å². The summed E-state index contributed by atoms with van der Waals surface area (Å²) < 4.78 is 15.7. The second kappa shape index (κ2) is 8.93. The van der Waals surface area contributed by atoms with Crippen molar-refractivity contribution in [1.82, 2.24) is 0 Å². The Morgan fingerprint density at radius 3 is 1.93 bits per heavy atom. The molecule has 0 fully saturated rings. The van der Waals surface area contributed by atoms with Crippen LogP contribution in [0.15, 0.2) is 66.7 Å². The van der Waals surface area contributed by atoms with Gasteiger partial charge in [0.1, 0.15) is 22.8 Å². The highest BCUT2D eigenvalue weighted by Gasteiger charge is 2.21. The smallest absolute Gasteiger partial charge is 0.263 e. The number of methoxy groups -OCH3 is 3. The van der Waals surface area contributed by atoms with Crippen molar-refractivity contribution in [2.75, 3.05) is 26.6 Å². The number of carbonyl (C=O) groups is 2. The predicted molar refractivity (Wildman–Crippen MR) is 110 cm³/mol. The number of nitrogens with one attached hydrogen (secondary N) is 1. The highest BCUT2D eigenvalue weighted by Crippen LogP contribution is 2.30. The fourth-order valence-corrected chi connectivity index (χ4v) is 2.95. The van der Waals surface area contributed by atoms with Crippen molar-refractivity contribution in [3.05, 3.63) is 83.4 Å². The molecular weight excluding hydrogens is 370 g/mol. The van der Waals surface area contributed by atoms with Crippen LogP contribution in [0.3, 0.4) is 0 Å². The predicted octanol–water partition coefficient (Wildman–Crippen LogP) is 4.20. The molecule has 0 bridgehead atoms. The zero-order chi connectivity index (χ0) is 20.8. The summed E-state index contributed by atoms with van der Waals surface area (Å²) in [4.78, 5) is 26.0. The SMILES string of the molecule is COc1ccc(C(=O)c2ccccc2NC(=O)c2c(OC)cccc2OC)cc1. The van der Waals surface area contributed by atoms with E-state index in [-0.39, 0.29) is 11.3 Å². The second-order valence-corrected chi connectivity index (χ2v) is 6.09. The Morgan fingerprint density at radius 2 is 1.34 bits per heavy atom. The largest absolute Gasteiger partial charge is 0.497 e. The molecule has 6 nitrogen and oxygen atoms in total. The van der Waals surface area contributed by atoms with Gasteiger partial charge < -0.3 is 19.5 Å². The van der Waals surface area contributed by atoms with Crippen molar-refractivity contribution in [2.45, 2.75) is 0 Å². The van der Waals surface area contributed by atoms with Gasteiger partial charge in [0.15, 0.2) is 5.78 Å². The molecule has 29 heavy (non-hydrogen) atoms. The molecule has 6 heteroatoms. The number of ketones is 1. The third-order valence-corrected chi connectivity index (χ3v) is 4.43. The van der Waals surface area contributed by atoms with E-state index in [0.717, 1.165) is 0 Å². The maximum Gasteiger partial charge on any atom is 0.263 e. The van der Waals surface area contributed by atoms with Gasteiger partial charge in [-0.05, 0) is 48.5 Å². The van der Waals surface area contributed by atoms with E-state index in [4.69, 9.17) is 14.2 Å². The number of anilines is 1. The summed E-state index contributed by atoms with van der Waals surface area (Å²) in [6, 6.07) is 18.7. The fourth-order valence-electron chi connectivity index (χ4n) is 2.95. The highest BCUT2D eigenvalue weighted by atomic mass is 16.5. The van der Waals surface area contributed by atoms with E-state index < -0.39 is 5.91 Å². The van der Waals surface area contributed by atoms with Gasteiger partial charge in [-0.15, -0.1) is 0 Å². The molecule has 0 unspecified atom stereocenters. The van der Waals surface area contributed by atoms with Gasteiger partial charge in [-0.1, -0.05) is 18.2 Å². The lowest BCUT2D eigenvalue weighted by Gasteiger charge is -2.15. The van der Waals surface area contributed by atoms with Crippen LogP contribution in [-0.2, 0) is 0 Å². The summed E-state index contributed by atoms with van der Waals surface area (Å²) >= 11 is 0. The van der Waals surface area contributed by atoms with Crippen molar-refractivity contribution in [3.63, 3.8) is 0 Å². The number of para-hydroxylation sites is 1. The third-order valence-electron chi connectivity index (χ3n) is 4.43. The lowest BCUT2D eigenvalue weighted by Crippen LogP contribution is -2.17. The summed E-state index contributed by atoms with van der Waals surface area (Å²) in [6.07, 6.45) is 0. The molecule has 0 saturated heterocycles. The van der Waals surface area contributed by atoms with Crippen LogP contribution < -0.4 is 19.5 Å². The third kappa shape index (κ3) is 4.21. The number of hydrogen-bond acceptors (Lipinski definition) is 5. The maximum absolute atomic E-state index is 13.0. The van der Waals surface area contributed by atoms with E-state index in [1.165, 1.54) is 14.2 Å². The number of hydrogen-bond donors (Lipinski definition) is 1. The molecule has 0 aliphatic heterocycles. The fraction of sp³-hybridized carbons (Fsp3) is 0.130. The maximum atomic E-state index is 13.0. The van der Waals surface area contributed by atoms with Crippen LogP contribution in [0, 0.1) is 0 Å². The van der Waals surface area contributed by atoms with Crippen LogP contribution in [0.25, 0.3) is 0 Å². The molecule has 3 aromatic rings. The standard InChI is InChI=1S/C23H21NO5/c1-27-16-13-11-15(12-14-16)22(25)17-7-4-5-8-18(17)24-23(26)21-19(28-2)9-6-10-20(21)29-3/h4-14H,1-3H3,(H,24,26). The van der Waals surface area contributed by atoms with Gasteiger partial charge in [-0.2, -0.15) is 0 Å². The van der Waals surface area contributed by atoms with Crippen molar-refractivity contribution in [2.24, 2.45) is 0 Å². The molecule has 0 radical (unpaired) electrons. The van der Waals surface area contributed by atoms with Gasteiger partial charge in [-0.3, -0.25) is 9.59 Å². The summed E-state index contributed by atoms with van der Waals surface area (Å²) in [5.41, 5.74) is 1.51. The van der Waals surface area contributed by atoms with Crippen molar-refractivity contribution >= 4 is 17.4 Å². The lowest BCUT2D eigenvalue weighted by molar-refractivity contribution is 0.102. The summed E-state index contributed by atoms with van der Waals surface area (Å²) in [6.45, 7) is 0. The molecule has 1 N–H and O–H groups in total. The van der Waals surface area contributed by atoms with Crippen LogP contribution in [0.1, 0.15) is 26.3 Å². The van der Waals surface area contributed by atoms with Gasteiger partial charge in [-0.25, -0.2) is 0 Å². The second-order valence-electron chi connectivity index (χ2n) is 6.09. The van der Waals surface area contributed by atoms with E-state index >= 15 is 0 Å². The molecule has 3 aromatic carbocycles. The molecule has 0 aliphatic rings. The number of carbonyl (C=O) groups excluding carboxylic acids is 2. The normalized spacial score (nSPS) is 10.2. The molecule has 0 saturated carbocycles. The van der Waals surface area contributed by atoms with Crippen LogP contribution in [0.2, 0.25) is 0 Å². The van der Waals surface area contributed by atoms with Crippen molar-refractivity contribution in [1.29, 1.82) is 0 Å². The molecule has 0 atom stereocenters. The summed E-state index contributed by atoms with van der Waals surface area (Å²) in [5, 5.41) is 2.81. The zero-order valence-electron chi connectivity index (χ0n) is 16.4. The van der Waals surface area contributed by atoms with E-state index in [1.54, 1.807) is 73.8 Å². The first kappa shape index (κ1) is 19.9. The van der Waals surface area contributed by atoms with E-state index in [1.807, 2.05) is 0 Å². The number of rotatable bonds is 7. The number of ether oxygens (including phenoxy) is 3. The summed E-state index contributed by atoms with van der Waals surface area (Å²) in [5.74, 6) is 0.762. The molecule has 0 heterocycles. The van der Waals surface area contributed by atoms with E-state index in [0.29, 0.717) is 34.1 Å². The van der Waals surface area contributed by atoms with Crippen LogP contribution in [0.5, 0.6) is 17.2 Å². The Hall–Kier alpha value is -3.80. The van der Waals surface area contributed by atoms with Crippen LogP contribution in [-0.4, -0.2) is 33.0 Å². The highest BCUT2D eigenvalue weighted by molar-refractivity contribution is 6.16. The Labute approximate surface area is 169 Å². The van der Waals surface area contributed by atoms with E-state index in [2.05, 4.69) is 5.32 Å². The molecule has 0 aliphatic carbocycles. The summed E-state index contributed by atoms with van der Waals surface area (Å²) in [7, 11) is 4.52. The zero-order valence-corrected chi connectivity index (χ0v) is 16.4. The van der Waals surface area contributed by atoms with Crippen LogP contribution in [0.4, 0.5) is 5.69 Å². The number of amides is 1. The van der Waals surface area contributed by atoms with Gasteiger partial charge in [0.05, 0.1) is 27.0 Å². The number of benzene rings is 3. The van der Waals surface area contributed by atoms with Gasteiger partial charge in [0.25, 0.3) is 5.91 Å². The molecule has 0 spiro atoms. The molecule has 1 amide bonds. The molecule has 148 valence electrons. The average molecular weight is 391 g/mol. The van der Waals surface area contributed by atoms with Gasteiger partial charge in [0, 0.05) is 11.1 Å². The first-order valence-electron chi connectivity index (χ1n) is 8.89. The Bertz CT molecular complexity index is 1010. The van der Waals surface area contributed by atoms with Crippen molar-refractivity contribution in [3.8, 4) is 17.2 Å². The first-order chi connectivity index (χ1) is 14.1. The lowest BCUT2D eigenvalue weighted by atomic mass is 10.0. The minimum absolute atomic E-state index is 0.212. The Balaban J connectivity index is 1.94. The first-order valence-corrected chi connectivity index (χ1v) is 8.89. The minimum Gasteiger partial charge on any atom is -0.497 e. The van der Waals surface area contributed by atoms with Crippen molar-refractivity contribution < 1.29 is 23.8 Å². The average Bonchev–Trinajstić information content (AvgIpc) is 2.78. The monoisotopic (exact) mass is 391 g/mol. The Morgan fingerprint density at radius 1 is 0.724 bits per heavy atom. The van der Waals surface area contributed by atoms with E-state index in [9.17, 15) is 9.59 Å². The molecule has 0 aromatic heterocycles. The topological polar surface area (TPSA) is 73.9 Å².